The Labute approximate surface area is 255 Å². The molecule has 236 valence electrons. The van der Waals surface area contributed by atoms with Crippen molar-refractivity contribution in [3.63, 3.8) is 0 Å². The second-order valence-corrected chi connectivity index (χ2v) is 11.1. The lowest BCUT2D eigenvalue weighted by Gasteiger charge is -2.27. The van der Waals surface area contributed by atoms with Crippen LogP contribution in [0.25, 0.3) is 22.3 Å². The predicted octanol–water partition coefficient (Wildman–Crippen LogP) is 5.91. The quantitative estimate of drug-likeness (QED) is 0.161. The van der Waals surface area contributed by atoms with Crippen LogP contribution in [0, 0.1) is 0 Å². The van der Waals surface area contributed by atoms with Gasteiger partial charge in [0.25, 0.3) is 0 Å². The van der Waals surface area contributed by atoms with Gasteiger partial charge in [-0.3, -0.25) is 9.89 Å². The van der Waals surface area contributed by atoms with E-state index in [4.69, 9.17) is 20.9 Å². The van der Waals surface area contributed by atoms with Crippen LogP contribution in [-0.2, 0) is 16.1 Å². The minimum absolute atomic E-state index is 0.00123. The third-order valence-corrected chi connectivity index (χ3v) is 6.32. The molecule has 0 atom stereocenters. The number of fused-ring (bicyclic) bond motifs is 1. The number of rotatable bonds is 12. The first-order valence-corrected chi connectivity index (χ1v) is 13.9. The molecule has 0 aliphatic rings. The smallest absolute Gasteiger partial charge is 0.444 e. The SMILES string of the molecule is CC(C)(C)OC(=O)N(CCC(=O)NCCCNc1cc(-c2ncon2)cc2[nH]ncc12)Cc1ccc(OC(F)(F)F)c(Cl)c1. The lowest BCUT2D eigenvalue weighted by atomic mass is 10.1. The fourth-order valence-electron chi connectivity index (χ4n) is 4.12. The lowest BCUT2D eigenvalue weighted by Crippen LogP contribution is -2.39. The van der Waals surface area contributed by atoms with Gasteiger partial charge in [0, 0.05) is 49.2 Å². The Morgan fingerprint density at radius 2 is 1.93 bits per heavy atom. The topological polar surface area (TPSA) is 147 Å². The molecule has 2 aromatic heterocycles. The third kappa shape index (κ3) is 9.49. The first kappa shape index (κ1) is 32.4. The number of H-pyrrole nitrogens is 1. The minimum Gasteiger partial charge on any atom is -0.444 e. The summed E-state index contributed by atoms with van der Waals surface area (Å²) in [5, 5.41) is 17.7. The van der Waals surface area contributed by atoms with Crippen LogP contribution in [-0.4, -0.2) is 68.8 Å². The maximum absolute atomic E-state index is 12.9. The molecular formula is C28H31ClF3N7O5. The van der Waals surface area contributed by atoms with Crippen molar-refractivity contribution in [2.75, 3.05) is 25.0 Å². The summed E-state index contributed by atoms with van der Waals surface area (Å²) < 4.78 is 51.9. The third-order valence-electron chi connectivity index (χ3n) is 6.03. The van der Waals surface area contributed by atoms with E-state index in [9.17, 15) is 22.8 Å². The number of hydrogen-bond acceptors (Lipinski definition) is 9. The van der Waals surface area contributed by atoms with Gasteiger partial charge in [-0.25, -0.2) is 4.79 Å². The summed E-state index contributed by atoms with van der Waals surface area (Å²) in [6.45, 7) is 5.94. The maximum Gasteiger partial charge on any atom is 0.573 e. The standard InChI is InChI=1S/C28H31ClF3N7O5/c1-27(2,3)44-26(41)39(15-17-5-6-23(20(29)11-17)43-28(30,31)32)10-7-24(40)34-9-4-8-33-21-12-18(25-35-16-42-38-25)13-22-19(21)14-36-37-22/h5-6,11-14,16,33H,4,7-10,15H2,1-3H3,(H,34,40)(H,36,37). The molecule has 4 rings (SSSR count). The molecular weight excluding hydrogens is 607 g/mol. The Morgan fingerprint density at radius 1 is 1.14 bits per heavy atom. The molecule has 44 heavy (non-hydrogen) atoms. The van der Waals surface area contributed by atoms with Gasteiger partial charge >= 0.3 is 12.5 Å². The largest absolute Gasteiger partial charge is 0.573 e. The number of anilines is 1. The van der Waals surface area contributed by atoms with Crippen LogP contribution in [0.4, 0.5) is 23.7 Å². The van der Waals surface area contributed by atoms with Gasteiger partial charge in [0.15, 0.2) is 0 Å². The summed E-state index contributed by atoms with van der Waals surface area (Å²) in [7, 11) is 0. The fourth-order valence-corrected chi connectivity index (χ4v) is 4.36. The number of nitrogens with one attached hydrogen (secondary N) is 3. The van der Waals surface area contributed by atoms with Crippen molar-refractivity contribution in [1.29, 1.82) is 0 Å². The Balaban J connectivity index is 1.29. The highest BCUT2D eigenvalue weighted by atomic mass is 35.5. The number of amides is 2. The molecule has 0 aliphatic heterocycles. The van der Waals surface area contributed by atoms with Gasteiger partial charge in [0.1, 0.15) is 11.4 Å². The molecule has 16 heteroatoms. The molecule has 0 spiro atoms. The summed E-state index contributed by atoms with van der Waals surface area (Å²) in [5.41, 5.74) is 1.98. The van der Waals surface area contributed by atoms with Crippen LogP contribution in [0.2, 0.25) is 5.02 Å². The molecule has 2 aromatic carbocycles. The number of nitrogens with zero attached hydrogens (tertiary/aromatic N) is 4. The first-order chi connectivity index (χ1) is 20.8. The van der Waals surface area contributed by atoms with Crippen LogP contribution in [0.1, 0.15) is 39.2 Å². The van der Waals surface area contributed by atoms with E-state index in [1.165, 1.54) is 23.4 Å². The summed E-state index contributed by atoms with van der Waals surface area (Å²) >= 11 is 5.97. The van der Waals surface area contributed by atoms with Gasteiger partial charge in [0.05, 0.1) is 16.7 Å². The maximum atomic E-state index is 12.9. The Morgan fingerprint density at radius 3 is 2.61 bits per heavy atom. The Hall–Kier alpha value is -4.53. The van der Waals surface area contributed by atoms with Crippen LogP contribution in [0.5, 0.6) is 5.75 Å². The first-order valence-electron chi connectivity index (χ1n) is 13.5. The Bertz CT molecular complexity index is 1570. The zero-order chi connectivity index (χ0) is 31.9. The molecule has 0 bridgehead atoms. The molecule has 12 nitrogen and oxygen atoms in total. The summed E-state index contributed by atoms with van der Waals surface area (Å²) in [6.07, 6.45) is -2.07. The number of halogens is 4. The summed E-state index contributed by atoms with van der Waals surface area (Å²) in [4.78, 5) is 30.8. The predicted molar refractivity (Wildman–Crippen MR) is 155 cm³/mol. The minimum atomic E-state index is -4.90. The number of carbonyl (C=O) groups is 2. The van der Waals surface area contributed by atoms with E-state index in [2.05, 4.69) is 35.7 Å². The molecule has 0 radical (unpaired) electrons. The summed E-state index contributed by atoms with van der Waals surface area (Å²) in [6, 6.07) is 7.44. The van der Waals surface area contributed by atoms with E-state index >= 15 is 0 Å². The van der Waals surface area contributed by atoms with Crippen molar-refractivity contribution in [3.8, 4) is 17.1 Å². The number of aromatic nitrogens is 4. The van der Waals surface area contributed by atoms with Gasteiger partial charge in [-0.05, 0) is 57.0 Å². The molecule has 0 aliphatic carbocycles. The van der Waals surface area contributed by atoms with E-state index in [0.29, 0.717) is 30.9 Å². The van der Waals surface area contributed by atoms with Gasteiger partial charge in [-0.1, -0.05) is 22.8 Å². The fraction of sp³-hybridized carbons (Fsp3) is 0.393. The van der Waals surface area contributed by atoms with Gasteiger partial charge in [-0.15, -0.1) is 13.2 Å². The number of alkyl halides is 3. The number of ether oxygens (including phenoxy) is 2. The highest BCUT2D eigenvalue weighted by Crippen LogP contribution is 2.31. The summed E-state index contributed by atoms with van der Waals surface area (Å²) in [5.74, 6) is -0.413. The van der Waals surface area contributed by atoms with Crippen molar-refractivity contribution >= 4 is 40.2 Å². The highest BCUT2D eigenvalue weighted by Gasteiger charge is 2.32. The van der Waals surface area contributed by atoms with Crippen LogP contribution >= 0.6 is 11.6 Å². The number of benzene rings is 2. The van der Waals surface area contributed by atoms with E-state index in [1.54, 1.807) is 27.0 Å². The normalized spacial score (nSPS) is 11.8. The molecule has 0 fully saturated rings. The van der Waals surface area contributed by atoms with Crippen LogP contribution < -0.4 is 15.4 Å². The molecule has 4 aromatic rings. The Kier molecular flexibility index (Phi) is 10.2. The van der Waals surface area contributed by atoms with Gasteiger partial charge < -0.3 is 29.5 Å². The van der Waals surface area contributed by atoms with Gasteiger partial charge in [-0.2, -0.15) is 10.1 Å². The van der Waals surface area contributed by atoms with Crippen molar-refractivity contribution in [2.24, 2.45) is 0 Å². The molecule has 2 heterocycles. The zero-order valence-corrected chi connectivity index (χ0v) is 24.9. The van der Waals surface area contributed by atoms with Crippen LogP contribution in [0.15, 0.2) is 47.4 Å². The van der Waals surface area contributed by atoms with Crippen molar-refractivity contribution in [1.82, 2.24) is 30.6 Å². The average molecular weight is 638 g/mol. The van der Waals surface area contributed by atoms with Crippen molar-refractivity contribution in [3.05, 3.63) is 53.5 Å². The van der Waals surface area contributed by atoms with Crippen molar-refractivity contribution < 1.29 is 36.8 Å². The van der Waals surface area contributed by atoms with E-state index in [-0.39, 0.29) is 30.4 Å². The molecule has 0 unspecified atom stereocenters. The molecule has 3 N–H and O–H groups in total. The van der Waals surface area contributed by atoms with E-state index in [0.717, 1.165) is 28.2 Å². The van der Waals surface area contributed by atoms with Gasteiger partial charge in [0.2, 0.25) is 18.1 Å². The second-order valence-electron chi connectivity index (χ2n) is 10.7. The highest BCUT2D eigenvalue weighted by molar-refractivity contribution is 6.32. The van der Waals surface area contributed by atoms with Crippen molar-refractivity contribution in [2.45, 2.75) is 52.1 Å². The number of aromatic amines is 1. The monoisotopic (exact) mass is 637 g/mol. The number of carbonyl (C=O) groups excluding carboxylic acids is 2. The number of hydrogen-bond donors (Lipinski definition) is 3. The average Bonchev–Trinajstić information content (AvgIpc) is 3.63. The van der Waals surface area contributed by atoms with E-state index < -0.39 is 23.8 Å². The molecule has 0 saturated heterocycles. The second kappa shape index (κ2) is 13.8. The molecule has 2 amide bonds. The van der Waals surface area contributed by atoms with Crippen LogP contribution in [0.3, 0.4) is 0 Å². The zero-order valence-electron chi connectivity index (χ0n) is 24.1. The lowest BCUT2D eigenvalue weighted by molar-refractivity contribution is -0.274. The molecule has 0 saturated carbocycles. The van der Waals surface area contributed by atoms with E-state index in [1.807, 2.05) is 12.1 Å².